The highest BCUT2D eigenvalue weighted by Crippen LogP contribution is 2.06. The quantitative estimate of drug-likeness (QED) is 0.587. The van der Waals surface area contributed by atoms with Gasteiger partial charge in [-0.2, -0.15) is 0 Å². The molecule has 0 aliphatic carbocycles. The summed E-state index contributed by atoms with van der Waals surface area (Å²) in [6.07, 6.45) is 1.26. The maximum Gasteiger partial charge on any atom is 0.320 e. The summed E-state index contributed by atoms with van der Waals surface area (Å²) in [7, 11) is -3.53. The van der Waals surface area contributed by atoms with Crippen LogP contribution in [0.5, 0.6) is 0 Å². The molecule has 0 radical (unpaired) electrons. The minimum atomic E-state index is -3.53. The van der Waals surface area contributed by atoms with Gasteiger partial charge in [0.25, 0.3) is 0 Å². The van der Waals surface area contributed by atoms with Gasteiger partial charge < -0.3 is 10.4 Å². The maximum absolute atomic E-state index is 11.9. The number of rotatable bonds is 9. The van der Waals surface area contributed by atoms with Crippen LogP contribution in [0.1, 0.15) is 19.8 Å². The molecule has 3 N–H and O–H groups in total. The molecule has 0 spiro atoms. The van der Waals surface area contributed by atoms with Crippen LogP contribution < -0.4 is 10.0 Å². The number of sulfonamides is 1. The fourth-order valence-corrected chi connectivity index (χ4v) is 2.77. The standard InChI is InChI=1S/C13H20N2O4S/c1-2-6-12(13(16)17)14-9-10-15-20(18,19)11-7-4-3-5-8-11/h3-5,7-8,12,14-15H,2,6,9-10H2,1H3,(H,16,17). The zero-order valence-corrected chi connectivity index (χ0v) is 12.2. The maximum atomic E-state index is 11.9. The third-order valence-electron chi connectivity index (χ3n) is 2.74. The van der Waals surface area contributed by atoms with Crippen molar-refractivity contribution in [2.75, 3.05) is 13.1 Å². The second-order valence-electron chi connectivity index (χ2n) is 4.34. The van der Waals surface area contributed by atoms with Gasteiger partial charge in [0.1, 0.15) is 6.04 Å². The van der Waals surface area contributed by atoms with Crippen LogP contribution in [0.25, 0.3) is 0 Å². The number of nitrogens with one attached hydrogen (secondary N) is 2. The lowest BCUT2D eigenvalue weighted by Crippen LogP contribution is -2.41. The number of carboxylic acids is 1. The van der Waals surface area contributed by atoms with Gasteiger partial charge in [-0.25, -0.2) is 13.1 Å². The third-order valence-corrected chi connectivity index (χ3v) is 4.21. The lowest BCUT2D eigenvalue weighted by atomic mass is 10.2. The first kappa shape index (κ1) is 16.6. The van der Waals surface area contributed by atoms with Gasteiger partial charge in [-0.05, 0) is 18.6 Å². The zero-order chi connectivity index (χ0) is 15.0. The summed E-state index contributed by atoms with van der Waals surface area (Å²) in [4.78, 5) is 11.1. The van der Waals surface area contributed by atoms with E-state index in [1.54, 1.807) is 18.2 Å². The number of hydrogen-bond donors (Lipinski definition) is 3. The van der Waals surface area contributed by atoms with Crippen molar-refractivity contribution >= 4 is 16.0 Å². The number of benzene rings is 1. The molecule has 6 nitrogen and oxygen atoms in total. The molecule has 112 valence electrons. The number of hydrogen-bond acceptors (Lipinski definition) is 4. The first-order chi connectivity index (χ1) is 9.47. The Kier molecular flexibility index (Phi) is 6.63. The van der Waals surface area contributed by atoms with E-state index >= 15 is 0 Å². The van der Waals surface area contributed by atoms with E-state index in [9.17, 15) is 13.2 Å². The minimum Gasteiger partial charge on any atom is -0.480 e. The molecule has 1 atom stereocenters. The Morgan fingerprint density at radius 2 is 1.90 bits per heavy atom. The van der Waals surface area contributed by atoms with Gasteiger partial charge in [-0.1, -0.05) is 31.5 Å². The third kappa shape index (κ3) is 5.28. The Morgan fingerprint density at radius 3 is 2.45 bits per heavy atom. The summed E-state index contributed by atoms with van der Waals surface area (Å²) in [6.45, 7) is 2.31. The van der Waals surface area contributed by atoms with E-state index in [4.69, 9.17) is 5.11 Å². The SMILES string of the molecule is CCCC(NCCNS(=O)(=O)c1ccccc1)C(=O)O. The van der Waals surface area contributed by atoms with Crippen LogP contribution in [0, 0.1) is 0 Å². The average Bonchev–Trinajstić information content (AvgIpc) is 2.43. The molecule has 1 aromatic carbocycles. The molecule has 0 amide bonds. The van der Waals surface area contributed by atoms with E-state index in [1.807, 2.05) is 6.92 Å². The highest BCUT2D eigenvalue weighted by molar-refractivity contribution is 7.89. The first-order valence-corrected chi connectivity index (χ1v) is 7.96. The molecule has 0 aromatic heterocycles. The molecule has 1 aromatic rings. The van der Waals surface area contributed by atoms with Crippen molar-refractivity contribution in [1.82, 2.24) is 10.0 Å². The average molecular weight is 300 g/mol. The monoisotopic (exact) mass is 300 g/mol. The number of aliphatic carboxylic acids is 1. The predicted molar refractivity (Wildman–Crippen MR) is 76.0 cm³/mol. The summed E-state index contributed by atoms with van der Waals surface area (Å²) < 4.78 is 26.2. The summed E-state index contributed by atoms with van der Waals surface area (Å²) in [5, 5.41) is 11.8. The van der Waals surface area contributed by atoms with Gasteiger partial charge >= 0.3 is 5.97 Å². The Bertz CT molecular complexity index is 516. The highest BCUT2D eigenvalue weighted by atomic mass is 32.2. The van der Waals surface area contributed by atoms with Gasteiger partial charge in [0.05, 0.1) is 4.90 Å². The lowest BCUT2D eigenvalue weighted by Gasteiger charge is -2.13. The van der Waals surface area contributed by atoms with E-state index in [0.717, 1.165) is 6.42 Å². The molecule has 1 rings (SSSR count). The molecular weight excluding hydrogens is 280 g/mol. The smallest absolute Gasteiger partial charge is 0.320 e. The van der Waals surface area contributed by atoms with E-state index in [1.165, 1.54) is 12.1 Å². The predicted octanol–water partition coefficient (Wildman–Crippen LogP) is 0.808. The van der Waals surface area contributed by atoms with E-state index < -0.39 is 22.0 Å². The molecule has 0 saturated carbocycles. The molecule has 0 saturated heterocycles. The molecule has 20 heavy (non-hydrogen) atoms. The zero-order valence-electron chi connectivity index (χ0n) is 11.4. The van der Waals surface area contributed by atoms with Crippen LogP contribution >= 0.6 is 0 Å². The molecule has 0 fully saturated rings. The van der Waals surface area contributed by atoms with Crippen molar-refractivity contribution in [2.24, 2.45) is 0 Å². The van der Waals surface area contributed by atoms with E-state index in [0.29, 0.717) is 6.42 Å². The largest absolute Gasteiger partial charge is 0.480 e. The van der Waals surface area contributed by atoms with Crippen molar-refractivity contribution in [3.63, 3.8) is 0 Å². The Labute approximate surface area is 119 Å². The number of carbonyl (C=O) groups is 1. The van der Waals surface area contributed by atoms with Gasteiger partial charge in [-0.3, -0.25) is 4.79 Å². The topological polar surface area (TPSA) is 95.5 Å². The normalized spacial score (nSPS) is 13.1. The van der Waals surface area contributed by atoms with Crippen LogP contribution in [0.4, 0.5) is 0 Å². The van der Waals surface area contributed by atoms with Crippen molar-refractivity contribution in [1.29, 1.82) is 0 Å². The molecule has 0 bridgehead atoms. The second kappa shape index (κ2) is 7.98. The first-order valence-electron chi connectivity index (χ1n) is 6.48. The highest BCUT2D eigenvalue weighted by Gasteiger charge is 2.16. The van der Waals surface area contributed by atoms with E-state index in [2.05, 4.69) is 10.0 Å². The van der Waals surface area contributed by atoms with Crippen LogP contribution in [0.2, 0.25) is 0 Å². The Hall–Kier alpha value is -1.44. The number of carboxylic acid groups (broad SMARTS) is 1. The summed E-state index contributed by atoms with van der Waals surface area (Å²) in [5.74, 6) is -0.919. The van der Waals surface area contributed by atoms with Gasteiger partial charge in [0, 0.05) is 13.1 Å². The lowest BCUT2D eigenvalue weighted by molar-refractivity contribution is -0.139. The van der Waals surface area contributed by atoms with Crippen LogP contribution in [-0.4, -0.2) is 38.6 Å². The van der Waals surface area contributed by atoms with Crippen molar-refractivity contribution in [3.8, 4) is 0 Å². The van der Waals surface area contributed by atoms with Crippen LogP contribution in [0.3, 0.4) is 0 Å². The Morgan fingerprint density at radius 1 is 1.25 bits per heavy atom. The minimum absolute atomic E-state index is 0.144. The van der Waals surface area contributed by atoms with Crippen molar-refractivity contribution in [2.45, 2.75) is 30.7 Å². The molecule has 1 unspecified atom stereocenters. The van der Waals surface area contributed by atoms with Crippen LogP contribution in [0.15, 0.2) is 35.2 Å². The molecular formula is C13H20N2O4S. The second-order valence-corrected chi connectivity index (χ2v) is 6.11. The van der Waals surface area contributed by atoms with Gasteiger partial charge in [0.2, 0.25) is 10.0 Å². The summed E-state index contributed by atoms with van der Waals surface area (Å²) in [6, 6.07) is 7.41. The van der Waals surface area contributed by atoms with Gasteiger partial charge in [-0.15, -0.1) is 0 Å². The van der Waals surface area contributed by atoms with Crippen molar-refractivity contribution < 1.29 is 18.3 Å². The van der Waals surface area contributed by atoms with Crippen molar-refractivity contribution in [3.05, 3.63) is 30.3 Å². The Balaban J connectivity index is 2.42. The summed E-state index contributed by atoms with van der Waals surface area (Å²) in [5.41, 5.74) is 0. The fraction of sp³-hybridized carbons (Fsp3) is 0.462. The molecule has 7 heteroatoms. The fourth-order valence-electron chi connectivity index (χ4n) is 1.72. The summed E-state index contributed by atoms with van der Waals surface area (Å²) >= 11 is 0. The molecule has 0 aliphatic rings. The van der Waals surface area contributed by atoms with E-state index in [-0.39, 0.29) is 18.0 Å². The van der Waals surface area contributed by atoms with Gasteiger partial charge in [0.15, 0.2) is 0 Å². The molecule has 0 aliphatic heterocycles. The van der Waals surface area contributed by atoms with Crippen LogP contribution in [-0.2, 0) is 14.8 Å². The molecule has 0 heterocycles.